The normalized spacial score (nSPS) is 10.9. The summed E-state index contributed by atoms with van der Waals surface area (Å²) >= 11 is 3.39. The second-order valence-corrected chi connectivity index (χ2v) is 8.81. The highest BCUT2D eigenvalue weighted by molar-refractivity contribution is 9.10. The van der Waals surface area contributed by atoms with Crippen LogP contribution in [-0.2, 0) is 4.79 Å². The van der Waals surface area contributed by atoms with Gasteiger partial charge >= 0.3 is 11.9 Å². The van der Waals surface area contributed by atoms with Crippen molar-refractivity contribution in [3.05, 3.63) is 106 Å². The van der Waals surface area contributed by atoms with E-state index in [2.05, 4.69) is 21.2 Å². The number of fused-ring (bicyclic) bond motifs is 1. The number of nitrogens with zero attached hydrogens (tertiary/aromatic N) is 1. The van der Waals surface area contributed by atoms with Gasteiger partial charge in [0.15, 0.2) is 11.5 Å². The molecule has 0 heterocycles. The van der Waals surface area contributed by atoms with Crippen molar-refractivity contribution in [1.29, 1.82) is 5.26 Å². The van der Waals surface area contributed by atoms with E-state index < -0.39 is 17.8 Å². The number of carboxylic acid groups (broad SMARTS) is 1. The number of carbonyl (C=O) groups is 3. The first-order chi connectivity index (χ1) is 18.3. The summed E-state index contributed by atoms with van der Waals surface area (Å²) in [6, 6.07) is 23.4. The molecule has 0 saturated carbocycles. The standard InChI is InChI=1S/C29H19BrN2O6/c1-37-25-14-17(12-20(16-31)27(33)32-21-9-4-8-19(15-21)28(34)35)13-24(30)26(25)38-29(36)23-11-5-7-18-6-2-3-10-22(18)23/h2-15H,1H3,(H,32,33)(H,34,35)/b20-12+. The Morgan fingerprint density at radius 3 is 2.47 bits per heavy atom. The number of amides is 1. The van der Waals surface area contributed by atoms with Crippen molar-refractivity contribution in [2.45, 2.75) is 0 Å². The number of ether oxygens (including phenoxy) is 2. The third kappa shape index (κ3) is 5.72. The topological polar surface area (TPSA) is 126 Å². The summed E-state index contributed by atoms with van der Waals surface area (Å²) in [7, 11) is 1.40. The minimum Gasteiger partial charge on any atom is -0.493 e. The summed E-state index contributed by atoms with van der Waals surface area (Å²) in [5.41, 5.74) is 0.791. The number of aromatic carboxylic acids is 1. The van der Waals surface area contributed by atoms with Crippen LogP contribution < -0.4 is 14.8 Å². The van der Waals surface area contributed by atoms with Crippen LogP contribution in [0.2, 0.25) is 0 Å². The Morgan fingerprint density at radius 1 is 1.00 bits per heavy atom. The van der Waals surface area contributed by atoms with Gasteiger partial charge in [-0.15, -0.1) is 0 Å². The van der Waals surface area contributed by atoms with E-state index in [1.165, 1.54) is 43.5 Å². The lowest BCUT2D eigenvalue weighted by molar-refractivity contribution is -0.112. The lowest BCUT2D eigenvalue weighted by atomic mass is 10.0. The number of nitriles is 1. The summed E-state index contributed by atoms with van der Waals surface area (Å²) in [4.78, 5) is 36.9. The van der Waals surface area contributed by atoms with Crippen LogP contribution >= 0.6 is 15.9 Å². The van der Waals surface area contributed by atoms with Crippen LogP contribution in [0.1, 0.15) is 26.3 Å². The zero-order valence-corrected chi connectivity index (χ0v) is 21.5. The summed E-state index contributed by atoms with van der Waals surface area (Å²) in [6.45, 7) is 0. The molecule has 188 valence electrons. The molecule has 9 heteroatoms. The molecule has 0 saturated heterocycles. The van der Waals surface area contributed by atoms with E-state index in [1.54, 1.807) is 18.2 Å². The number of methoxy groups -OCH3 is 1. The van der Waals surface area contributed by atoms with E-state index in [0.29, 0.717) is 15.6 Å². The molecule has 2 N–H and O–H groups in total. The highest BCUT2D eigenvalue weighted by Crippen LogP contribution is 2.38. The predicted octanol–water partition coefficient (Wildman–Crippen LogP) is 6.07. The van der Waals surface area contributed by atoms with E-state index in [0.717, 1.165) is 10.8 Å². The Labute approximate surface area is 225 Å². The molecule has 4 aromatic carbocycles. The van der Waals surface area contributed by atoms with Crippen molar-refractivity contribution < 1.29 is 29.0 Å². The molecule has 4 rings (SSSR count). The quantitative estimate of drug-likeness (QED) is 0.119. The number of hydrogen-bond donors (Lipinski definition) is 2. The minimum atomic E-state index is -1.14. The highest BCUT2D eigenvalue weighted by atomic mass is 79.9. The van der Waals surface area contributed by atoms with Crippen molar-refractivity contribution >= 4 is 56.3 Å². The zero-order chi connectivity index (χ0) is 27.2. The second-order valence-electron chi connectivity index (χ2n) is 7.96. The first-order valence-electron chi connectivity index (χ1n) is 11.1. The van der Waals surface area contributed by atoms with Gasteiger partial charge in [0.05, 0.1) is 22.7 Å². The van der Waals surface area contributed by atoms with E-state index in [-0.39, 0.29) is 28.3 Å². The van der Waals surface area contributed by atoms with Crippen LogP contribution in [-0.4, -0.2) is 30.1 Å². The number of benzene rings is 4. The van der Waals surface area contributed by atoms with Gasteiger partial charge in [0, 0.05) is 5.69 Å². The molecule has 1 amide bonds. The monoisotopic (exact) mass is 570 g/mol. The molecule has 0 unspecified atom stereocenters. The molecule has 0 atom stereocenters. The van der Waals surface area contributed by atoms with Crippen molar-refractivity contribution in [2.24, 2.45) is 0 Å². The summed E-state index contributed by atoms with van der Waals surface area (Å²) in [6.07, 6.45) is 1.33. The Bertz CT molecular complexity index is 1650. The van der Waals surface area contributed by atoms with Gasteiger partial charge in [0.25, 0.3) is 5.91 Å². The van der Waals surface area contributed by atoms with Crippen molar-refractivity contribution in [1.82, 2.24) is 0 Å². The second kappa shape index (κ2) is 11.4. The summed E-state index contributed by atoms with van der Waals surface area (Å²) < 4.78 is 11.5. The maximum absolute atomic E-state index is 13.0. The van der Waals surface area contributed by atoms with Gasteiger partial charge < -0.3 is 19.9 Å². The number of nitrogens with one attached hydrogen (secondary N) is 1. The Balaban J connectivity index is 1.60. The summed E-state index contributed by atoms with van der Waals surface area (Å²) in [5, 5.41) is 22.9. The van der Waals surface area contributed by atoms with Gasteiger partial charge in [-0.3, -0.25) is 4.79 Å². The van der Waals surface area contributed by atoms with Gasteiger partial charge in [0.2, 0.25) is 0 Å². The molecule has 0 aliphatic carbocycles. The molecule has 4 aromatic rings. The molecule has 0 radical (unpaired) electrons. The Kier molecular flexibility index (Phi) is 7.85. The average molecular weight is 571 g/mol. The number of hydrogen-bond acceptors (Lipinski definition) is 6. The van der Waals surface area contributed by atoms with Crippen molar-refractivity contribution in [3.8, 4) is 17.6 Å². The van der Waals surface area contributed by atoms with Crippen molar-refractivity contribution in [3.63, 3.8) is 0 Å². The fourth-order valence-electron chi connectivity index (χ4n) is 3.72. The predicted molar refractivity (Wildman–Crippen MR) is 145 cm³/mol. The van der Waals surface area contributed by atoms with Crippen molar-refractivity contribution in [2.75, 3.05) is 12.4 Å². The molecule has 0 aliphatic heterocycles. The zero-order valence-electron chi connectivity index (χ0n) is 19.9. The van der Waals surface area contributed by atoms with Crippen LogP contribution in [0.5, 0.6) is 11.5 Å². The van der Waals surface area contributed by atoms with Gasteiger partial charge in [-0.05, 0) is 74.7 Å². The van der Waals surface area contributed by atoms with E-state index in [4.69, 9.17) is 14.6 Å². The first kappa shape index (κ1) is 26.1. The van der Waals surface area contributed by atoms with Crippen LogP contribution in [0.25, 0.3) is 16.8 Å². The van der Waals surface area contributed by atoms with Crippen LogP contribution in [0, 0.1) is 11.3 Å². The van der Waals surface area contributed by atoms with E-state index in [9.17, 15) is 19.6 Å². The Hall–Kier alpha value is -4.94. The van der Waals surface area contributed by atoms with Gasteiger partial charge in [0.1, 0.15) is 11.6 Å². The third-order valence-electron chi connectivity index (χ3n) is 5.50. The molecule has 0 bridgehead atoms. The van der Waals surface area contributed by atoms with Gasteiger partial charge in [-0.1, -0.05) is 42.5 Å². The van der Waals surface area contributed by atoms with E-state index in [1.807, 2.05) is 36.4 Å². The molecule has 38 heavy (non-hydrogen) atoms. The van der Waals surface area contributed by atoms with Gasteiger partial charge in [-0.2, -0.15) is 5.26 Å². The summed E-state index contributed by atoms with van der Waals surface area (Å²) in [5.74, 6) is -2.11. The number of rotatable bonds is 7. The van der Waals surface area contributed by atoms with Gasteiger partial charge in [-0.25, -0.2) is 9.59 Å². The lowest BCUT2D eigenvalue weighted by Gasteiger charge is -2.13. The molecule has 0 aromatic heterocycles. The Morgan fingerprint density at radius 2 is 1.74 bits per heavy atom. The van der Waals surface area contributed by atoms with E-state index >= 15 is 0 Å². The largest absolute Gasteiger partial charge is 0.493 e. The lowest BCUT2D eigenvalue weighted by Crippen LogP contribution is -2.14. The maximum Gasteiger partial charge on any atom is 0.344 e. The molecular weight excluding hydrogens is 552 g/mol. The molecule has 0 spiro atoms. The molecule has 0 fully saturated rings. The number of anilines is 1. The number of carbonyl (C=O) groups excluding carboxylic acids is 2. The maximum atomic E-state index is 13.0. The minimum absolute atomic E-state index is 0.00686. The third-order valence-corrected chi connectivity index (χ3v) is 6.09. The first-order valence-corrected chi connectivity index (χ1v) is 11.9. The molecular formula is C29H19BrN2O6. The molecule has 0 aliphatic rings. The number of carboxylic acids is 1. The highest BCUT2D eigenvalue weighted by Gasteiger charge is 2.19. The fourth-order valence-corrected chi connectivity index (χ4v) is 4.26. The smallest absolute Gasteiger partial charge is 0.344 e. The van der Waals surface area contributed by atoms with Crippen LogP contribution in [0.3, 0.4) is 0 Å². The number of halogens is 1. The van der Waals surface area contributed by atoms with Crippen LogP contribution in [0.4, 0.5) is 5.69 Å². The average Bonchev–Trinajstić information content (AvgIpc) is 2.92. The number of esters is 1. The fraction of sp³-hybridized carbons (Fsp3) is 0.0345. The SMILES string of the molecule is COc1cc(/C=C(\C#N)C(=O)Nc2cccc(C(=O)O)c2)cc(Br)c1OC(=O)c1cccc2ccccc12. The van der Waals surface area contributed by atoms with Crippen LogP contribution in [0.15, 0.2) is 88.9 Å². The molecule has 8 nitrogen and oxygen atoms in total.